The first-order valence-electron chi connectivity index (χ1n) is 16.9. The zero-order chi connectivity index (χ0) is 31.9. The number of benzene rings is 1. The molecule has 0 bridgehead atoms. The minimum Gasteiger partial charge on any atom is -0.374 e. The van der Waals surface area contributed by atoms with Gasteiger partial charge in [-0.15, -0.1) is 0 Å². The van der Waals surface area contributed by atoms with E-state index in [4.69, 9.17) is 0 Å². The van der Waals surface area contributed by atoms with Crippen LogP contribution >= 0.6 is 0 Å². The number of carbonyl (C=O) groups excluding carboxylic acids is 3. The molecule has 1 saturated heterocycles. The number of rotatable bonds is 12. The molecule has 9 heteroatoms. The number of hydrogen-bond donors (Lipinski definition) is 3. The van der Waals surface area contributed by atoms with Crippen LogP contribution in [0.5, 0.6) is 0 Å². The van der Waals surface area contributed by atoms with Crippen LogP contribution in [0.2, 0.25) is 0 Å². The molecule has 3 unspecified atom stereocenters. The number of nitrogens with one attached hydrogen (secondary N) is 3. The van der Waals surface area contributed by atoms with Crippen molar-refractivity contribution in [1.29, 1.82) is 0 Å². The molecular weight excluding hydrogens is 564 g/mol. The summed E-state index contributed by atoms with van der Waals surface area (Å²) >= 11 is 0. The van der Waals surface area contributed by atoms with Gasteiger partial charge in [-0.1, -0.05) is 51.3 Å². The first kappa shape index (κ1) is 31.4. The highest BCUT2D eigenvalue weighted by molar-refractivity contribution is 6.01. The fraction of sp³-hybridized carbons (Fsp3) is 0.611. The van der Waals surface area contributed by atoms with Crippen molar-refractivity contribution in [3.8, 4) is 0 Å². The van der Waals surface area contributed by atoms with E-state index in [-0.39, 0.29) is 35.1 Å². The second kappa shape index (κ2) is 12.3. The van der Waals surface area contributed by atoms with Gasteiger partial charge in [0.1, 0.15) is 11.7 Å². The maximum Gasteiger partial charge on any atom is 0.270 e. The third-order valence-corrected chi connectivity index (χ3v) is 11.6. The highest BCUT2D eigenvalue weighted by Crippen LogP contribution is 2.58. The summed E-state index contributed by atoms with van der Waals surface area (Å²) < 4.78 is 1.54. The van der Waals surface area contributed by atoms with Gasteiger partial charge in [0.25, 0.3) is 5.91 Å². The second-order valence-electron chi connectivity index (χ2n) is 14.7. The van der Waals surface area contributed by atoms with Crippen molar-refractivity contribution < 1.29 is 14.4 Å². The van der Waals surface area contributed by atoms with Gasteiger partial charge in [0, 0.05) is 43.8 Å². The van der Waals surface area contributed by atoms with Crippen molar-refractivity contribution in [2.75, 3.05) is 18.4 Å². The van der Waals surface area contributed by atoms with Crippen LogP contribution in [0.3, 0.4) is 0 Å². The number of aryl methyl sites for hydroxylation is 1. The lowest BCUT2D eigenvalue weighted by molar-refractivity contribution is -0.127. The summed E-state index contributed by atoms with van der Waals surface area (Å²) in [6.07, 6.45) is 11.4. The number of carbonyl (C=O) groups is 3. The molecule has 1 aliphatic heterocycles. The molecule has 0 spiro atoms. The van der Waals surface area contributed by atoms with Gasteiger partial charge < -0.3 is 20.9 Å². The van der Waals surface area contributed by atoms with Crippen molar-refractivity contribution >= 4 is 23.4 Å². The average molecular weight is 615 g/mol. The highest BCUT2D eigenvalue weighted by atomic mass is 16.2. The third-order valence-electron chi connectivity index (χ3n) is 11.6. The molecule has 9 nitrogen and oxygen atoms in total. The molecule has 45 heavy (non-hydrogen) atoms. The summed E-state index contributed by atoms with van der Waals surface area (Å²) in [5.41, 5.74) is 2.36. The van der Waals surface area contributed by atoms with E-state index >= 15 is 0 Å². The van der Waals surface area contributed by atoms with Crippen molar-refractivity contribution in [3.63, 3.8) is 0 Å². The van der Waals surface area contributed by atoms with Gasteiger partial charge in [-0.05, 0) is 92.9 Å². The number of aromatic nitrogens is 2. The Bertz CT molecular complexity index is 1440. The molecule has 6 rings (SSSR count). The standard InChI is InChI=1S/C36H50N6O3/c1-23(2)42-21-19-36(22-42,34(45)38-24(3)25-8-6-9-25)27-12-14-28(15-13-27)39-33(44)31(40-32(43)29-16-20-37-41(29)5)30(26-10-7-11-26)35(4)17-18-35/h12-16,20,24-26,30-31H,1,6-11,17-19,21-22H2,2-5H3,(H,38,45)(H,39,44)(H,40,43)/t24?,30?,31-,36?/m0/s1. The van der Waals surface area contributed by atoms with Crippen LogP contribution in [0.1, 0.15) is 94.6 Å². The van der Waals surface area contributed by atoms with E-state index in [0.717, 1.165) is 43.5 Å². The normalized spacial score (nSPS) is 24.5. The zero-order valence-electron chi connectivity index (χ0n) is 27.4. The van der Waals surface area contributed by atoms with Gasteiger partial charge in [-0.2, -0.15) is 5.10 Å². The van der Waals surface area contributed by atoms with Gasteiger partial charge in [0.2, 0.25) is 11.8 Å². The predicted octanol–water partition coefficient (Wildman–Crippen LogP) is 5.16. The molecule has 1 aromatic carbocycles. The van der Waals surface area contributed by atoms with Crippen LogP contribution in [0.25, 0.3) is 0 Å². The Labute approximate surface area is 267 Å². The summed E-state index contributed by atoms with van der Waals surface area (Å²) in [5.74, 6) is 0.628. The summed E-state index contributed by atoms with van der Waals surface area (Å²) in [6, 6.07) is 8.94. The van der Waals surface area contributed by atoms with E-state index in [1.165, 1.54) is 30.4 Å². The molecule has 1 aromatic heterocycles. The maximum atomic E-state index is 14.1. The minimum absolute atomic E-state index is 0.0463. The Morgan fingerprint density at radius 1 is 0.978 bits per heavy atom. The number of nitrogens with zero attached hydrogens (tertiary/aromatic N) is 3. The van der Waals surface area contributed by atoms with E-state index in [1.807, 2.05) is 31.2 Å². The smallest absolute Gasteiger partial charge is 0.270 e. The number of allylic oxidation sites excluding steroid dienone is 1. The van der Waals surface area contributed by atoms with E-state index in [2.05, 4.69) is 46.4 Å². The Hall–Kier alpha value is -3.62. The number of likely N-dealkylation sites (tertiary alicyclic amines) is 1. The SMILES string of the molecule is C=C(C)N1CCC(C(=O)NC(C)C2CCC2)(c2ccc(NC(=O)[C@@H](NC(=O)c3ccnn3C)C(C3CCC3)C3(C)CC3)cc2)C1. The molecule has 3 saturated carbocycles. The Balaban J connectivity index is 1.22. The van der Waals surface area contributed by atoms with E-state index in [0.29, 0.717) is 36.2 Å². The molecule has 4 aliphatic rings. The molecule has 242 valence electrons. The Morgan fingerprint density at radius 3 is 2.16 bits per heavy atom. The molecule has 2 aromatic rings. The monoisotopic (exact) mass is 614 g/mol. The second-order valence-corrected chi connectivity index (χ2v) is 14.7. The quantitative estimate of drug-likeness (QED) is 0.306. The van der Waals surface area contributed by atoms with Gasteiger partial charge in [-0.25, -0.2) is 0 Å². The van der Waals surface area contributed by atoms with Gasteiger partial charge >= 0.3 is 0 Å². The molecular formula is C36H50N6O3. The first-order chi connectivity index (χ1) is 21.5. The fourth-order valence-electron chi connectivity index (χ4n) is 7.89. The number of hydrogen-bond acceptors (Lipinski definition) is 5. The highest BCUT2D eigenvalue weighted by Gasteiger charge is 2.54. The lowest BCUT2D eigenvalue weighted by Crippen LogP contribution is -2.54. The topological polar surface area (TPSA) is 108 Å². The maximum absolute atomic E-state index is 14.1. The van der Waals surface area contributed by atoms with Crippen LogP contribution in [0, 0.1) is 23.2 Å². The molecule has 4 atom stereocenters. The number of anilines is 1. The predicted molar refractivity (Wildman–Crippen MR) is 175 cm³/mol. The first-order valence-corrected chi connectivity index (χ1v) is 16.9. The third kappa shape index (κ3) is 6.15. The lowest BCUT2D eigenvalue weighted by Gasteiger charge is -2.42. The molecule has 2 heterocycles. The van der Waals surface area contributed by atoms with Crippen LogP contribution in [-0.2, 0) is 22.1 Å². The van der Waals surface area contributed by atoms with Crippen LogP contribution in [-0.4, -0.2) is 57.6 Å². The van der Waals surface area contributed by atoms with Crippen LogP contribution < -0.4 is 16.0 Å². The summed E-state index contributed by atoms with van der Waals surface area (Å²) in [7, 11) is 1.73. The summed E-state index contributed by atoms with van der Waals surface area (Å²) in [5, 5.41) is 13.8. The van der Waals surface area contributed by atoms with Crippen LogP contribution in [0.15, 0.2) is 48.8 Å². The van der Waals surface area contributed by atoms with Crippen LogP contribution in [0.4, 0.5) is 5.69 Å². The van der Waals surface area contributed by atoms with Crippen molar-refractivity contribution in [2.24, 2.45) is 30.2 Å². The minimum atomic E-state index is -0.686. The fourth-order valence-corrected chi connectivity index (χ4v) is 7.89. The number of amides is 3. The van der Waals surface area contributed by atoms with Crippen molar-refractivity contribution in [1.82, 2.24) is 25.3 Å². The molecule has 3 N–H and O–H groups in total. The molecule has 0 radical (unpaired) electrons. The summed E-state index contributed by atoms with van der Waals surface area (Å²) in [4.78, 5) is 43.6. The molecule has 3 aliphatic carbocycles. The Kier molecular flexibility index (Phi) is 8.57. The van der Waals surface area contributed by atoms with Crippen molar-refractivity contribution in [2.45, 2.75) is 96.1 Å². The van der Waals surface area contributed by atoms with Gasteiger partial charge in [0.15, 0.2) is 0 Å². The average Bonchev–Trinajstić information content (AvgIpc) is 3.31. The Morgan fingerprint density at radius 2 is 1.64 bits per heavy atom. The van der Waals surface area contributed by atoms with Crippen molar-refractivity contribution in [3.05, 3.63) is 60.1 Å². The van der Waals surface area contributed by atoms with Gasteiger partial charge in [0.05, 0.1) is 5.41 Å². The van der Waals surface area contributed by atoms with E-state index in [9.17, 15) is 14.4 Å². The molecule has 4 fully saturated rings. The van der Waals surface area contributed by atoms with Gasteiger partial charge in [-0.3, -0.25) is 19.1 Å². The zero-order valence-corrected chi connectivity index (χ0v) is 27.4. The van der Waals surface area contributed by atoms with E-state index < -0.39 is 11.5 Å². The largest absolute Gasteiger partial charge is 0.374 e. The lowest BCUT2D eigenvalue weighted by atomic mass is 9.66. The molecule has 3 amide bonds. The van der Waals surface area contributed by atoms with E-state index in [1.54, 1.807) is 19.3 Å². The summed E-state index contributed by atoms with van der Waals surface area (Å²) in [6.45, 7) is 11.9.